The van der Waals surface area contributed by atoms with E-state index < -0.39 is 5.91 Å². The van der Waals surface area contributed by atoms with Crippen molar-refractivity contribution in [3.8, 4) is 0 Å². The van der Waals surface area contributed by atoms with Crippen molar-refractivity contribution in [3.63, 3.8) is 0 Å². The third-order valence-electron chi connectivity index (χ3n) is 2.11. The summed E-state index contributed by atoms with van der Waals surface area (Å²) < 4.78 is 0. The number of nitrogens with zero attached hydrogens (tertiary/aromatic N) is 1. The van der Waals surface area contributed by atoms with Crippen LogP contribution in [-0.4, -0.2) is 10.9 Å². The lowest BCUT2D eigenvalue weighted by atomic mass is 10.2. The van der Waals surface area contributed by atoms with Gasteiger partial charge in [0.15, 0.2) is 5.13 Å². The Labute approximate surface area is 107 Å². The van der Waals surface area contributed by atoms with Crippen LogP contribution in [0.1, 0.15) is 16.1 Å². The second-order valence-electron chi connectivity index (χ2n) is 3.34. The maximum Gasteiger partial charge on any atom is 0.248 e. The maximum atomic E-state index is 10.9. The normalized spacial score (nSPS) is 10.2. The van der Waals surface area contributed by atoms with Gasteiger partial charge in [-0.25, -0.2) is 4.98 Å². The van der Waals surface area contributed by atoms with Gasteiger partial charge in [-0.05, 0) is 24.3 Å². The topological polar surface area (TPSA) is 68.0 Å². The van der Waals surface area contributed by atoms with Crippen LogP contribution in [0.2, 0.25) is 0 Å². The first-order valence-electron chi connectivity index (χ1n) is 4.86. The second kappa shape index (κ2) is 5.16. The van der Waals surface area contributed by atoms with Gasteiger partial charge in [0.05, 0.1) is 11.6 Å². The average molecular weight is 268 g/mol. The van der Waals surface area contributed by atoms with Gasteiger partial charge in [0, 0.05) is 16.6 Å². The molecule has 3 N–H and O–H groups in total. The van der Waals surface area contributed by atoms with Crippen LogP contribution in [0.15, 0.2) is 29.6 Å². The third-order valence-corrected chi connectivity index (χ3v) is 3.19. The minimum atomic E-state index is -0.435. The molecule has 1 heterocycles. The van der Waals surface area contributed by atoms with Crippen LogP contribution in [0.4, 0.5) is 10.8 Å². The van der Waals surface area contributed by atoms with E-state index in [4.69, 9.17) is 17.3 Å². The van der Waals surface area contributed by atoms with Crippen molar-refractivity contribution in [1.82, 2.24) is 4.98 Å². The van der Waals surface area contributed by atoms with Crippen molar-refractivity contribution in [2.24, 2.45) is 5.73 Å². The molecule has 0 unspecified atom stereocenters. The Bertz CT molecular complexity index is 524. The van der Waals surface area contributed by atoms with Crippen molar-refractivity contribution in [2.45, 2.75) is 5.88 Å². The fourth-order valence-electron chi connectivity index (χ4n) is 1.27. The maximum absolute atomic E-state index is 10.9. The lowest BCUT2D eigenvalue weighted by molar-refractivity contribution is 0.100. The number of amides is 1. The minimum absolute atomic E-state index is 0.402. The lowest BCUT2D eigenvalue weighted by Crippen LogP contribution is -2.10. The number of carbonyl (C=O) groups is 1. The third kappa shape index (κ3) is 2.95. The van der Waals surface area contributed by atoms with Crippen LogP contribution >= 0.6 is 22.9 Å². The molecule has 0 saturated carbocycles. The van der Waals surface area contributed by atoms with E-state index in [0.717, 1.165) is 16.5 Å². The first-order chi connectivity index (χ1) is 8.19. The minimum Gasteiger partial charge on any atom is -0.366 e. The first kappa shape index (κ1) is 11.9. The van der Waals surface area contributed by atoms with Gasteiger partial charge >= 0.3 is 0 Å². The van der Waals surface area contributed by atoms with E-state index in [1.165, 1.54) is 11.3 Å². The van der Waals surface area contributed by atoms with Gasteiger partial charge in [0.1, 0.15) is 0 Å². The fraction of sp³-hybridized carbons (Fsp3) is 0.0909. The molecule has 0 spiro atoms. The van der Waals surface area contributed by atoms with Gasteiger partial charge in [-0.2, -0.15) is 0 Å². The number of carbonyl (C=O) groups excluding carboxylic acids is 1. The van der Waals surface area contributed by atoms with Gasteiger partial charge in [-0.1, -0.05) is 0 Å². The van der Waals surface area contributed by atoms with Crippen LogP contribution in [-0.2, 0) is 5.88 Å². The van der Waals surface area contributed by atoms with Crippen molar-refractivity contribution in [2.75, 3.05) is 5.32 Å². The van der Waals surface area contributed by atoms with Crippen LogP contribution in [0.25, 0.3) is 0 Å². The molecule has 0 fully saturated rings. The van der Waals surface area contributed by atoms with E-state index in [0.29, 0.717) is 11.4 Å². The smallest absolute Gasteiger partial charge is 0.248 e. The Kier molecular flexibility index (Phi) is 3.61. The molecule has 0 saturated heterocycles. The molecule has 2 aromatic rings. The Morgan fingerprint density at radius 1 is 1.41 bits per heavy atom. The summed E-state index contributed by atoms with van der Waals surface area (Å²) in [4.78, 5) is 15.2. The van der Waals surface area contributed by atoms with Gasteiger partial charge in [0.25, 0.3) is 0 Å². The van der Waals surface area contributed by atoms with Crippen LogP contribution in [0, 0.1) is 0 Å². The number of nitrogens with two attached hydrogens (primary N) is 1. The van der Waals surface area contributed by atoms with E-state index in [2.05, 4.69) is 10.3 Å². The van der Waals surface area contributed by atoms with Crippen molar-refractivity contribution in [3.05, 3.63) is 40.9 Å². The quantitative estimate of drug-likeness (QED) is 0.837. The highest BCUT2D eigenvalue weighted by atomic mass is 35.5. The molecule has 1 amide bonds. The zero-order valence-corrected chi connectivity index (χ0v) is 10.4. The van der Waals surface area contributed by atoms with Gasteiger partial charge in [-0.15, -0.1) is 22.9 Å². The molecule has 17 heavy (non-hydrogen) atoms. The number of alkyl halides is 1. The zero-order valence-electron chi connectivity index (χ0n) is 8.81. The lowest BCUT2D eigenvalue weighted by Gasteiger charge is -2.02. The number of benzene rings is 1. The van der Waals surface area contributed by atoms with Crippen molar-refractivity contribution >= 4 is 39.7 Å². The number of aromatic nitrogens is 1. The Hall–Kier alpha value is -1.59. The number of primary amides is 1. The molecule has 88 valence electrons. The highest BCUT2D eigenvalue weighted by Gasteiger charge is 2.03. The largest absolute Gasteiger partial charge is 0.366 e. The summed E-state index contributed by atoms with van der Waals surface area (Å²) in [7, 11) is 0. The molecule has 0 aliphatic heterocycles. The van der Waals surface area contributed by atoms with Gasteiger partial charge in [0.2, 0.25) is 5.91 Å². The number of nitrogens with one attached hydrogen (secondary N) is 1. The number of hydrogen-bond acceptors (Lipinski definition) is 4. The van der Waals surface area contributed by atoms with Crippen molar-refractivity contribution in [1.29, 1.82) is 0 Å². The Balaban J connectivity index is 2.10. The van der Waals surface area contributed by atoms with Crippen LogP contribution in [0.3, 0.4) is 0 Å². The first-order valence-corrected chi connectivity index (χ1v) is 6.27. The molecule has 1 aromatic heterocycles. The molecule has 0 aliphatic carbocycles. The van der Waals surface area contributed by atoms with Gasteiger partial charge < -0.3 is 11.1 Å². The highest BCUT2D eigenvalue weighted by molar-refractivity contribution is 7.13. The molecule has 0 radical (unpaired) electrons. The van der Waals surface area contributed by atoms with E-state index in [9.17, 15) is 4.79 Å². The summed E-state index contributed by atoms with van der Waals surface area (Å²) in [5.41, 5.74) is 7.33. The number of hydrogen-bond donors (Lipinski definition) is 2. The summed E-state index contributed by atoms with van der Waals surface area (Å²) >= 11 is 7.15. The molecular formula is C11H10ClN3OS. The zero-order chi connectivity index (χ0) is 12.3. The SMILES string of the molecule is NC(=O)c1ccc(Nc2nc(CCl)cs2)cc1. The van der Waals surface area contributed by atoms with Crippen LogP contribution in [0.5, 0.6) is 0 Å². The molecule has 2 rings (SSSR count). The molecule has 0 aliphatic rings. The Morgan fingerprint density at radius 3 is 2.65 bits per heavy atom. The predicted molar refractivity (Wildman–Crippen MR) is 69.9 cm³/mol. The molecule has 4 nitrogen and oxygen atoms in total. The van der Waals surface area contributed by atoms with E-state index in [1.54, 1.807) is 24.3 Å². The number of anilines is 2. The molecule has 0 bridgehead atoms. The summed E-state index contributed by atoms with van der Waals surface area (Å²) in [6, 6.07) is 6.89. The monoisotopic (exact) mass is 267 g/mol. The summed E-state index contributed by atoms with van der Waals surface area (Å²) in [5.74, 6) is -0.0334. The molecule has 0 atom stereocenters. The van der Waals surface area contributed by atoms with E-state index >= 15 is 0 Å². The number of rotatable bonds is 4. The summed E-state index contributed by atoms with van der Waals surface area (Å²) in [5, 5.41) is 5.79. The van der Waals surface area contributed by atoms with Gasteiger partial charge in [-0.3, -0.25) is 4.79 Å². The number of thiazole rings is 1. The van der Waals surface area contributed by atoms with Crippen LogP contribution < -0.4 is 11.1 Å². The van der Waals surface area contributed by atoms with Crippen molar-refractivity contribution < 1.29 is 4.79 Å². The fourth-order valence-corrected chi connectivity index (χ4v) is 2.23. The standard InChI is InChI=1S/C11H10ClN3OS/c12-5-9-6-17-11(15-9)14-8-3-1-7(2-4-8)10(13)16/h1-4,6H,5H2,(H2,13,16)(H,14,15). The highest BCUT2D eigenvalue weighted by Crippen LogP contribution is 2.21. The second-order valence-corrected chi connectivity index (χ2v) is 4.47. The number of halogens is 1. The molecular weight excluding hydrogens is 258 g/mol. The predicted octanol–water partition coefficient (Wildman–Crippen LogP) is 2.72. The Morgan fingerprint density at radius 2 is 2.12 bits per heavy atom. The van der Waals surface area contributed by atoms with E-state index in [-0.39, 0.29) is 0 Å². The molecule has 6 heteroatoms. The summed E-state index contributed by atoms with van der Waals surface area (Å²) in [6.45, 7) is 0. The average Bonchev–Trinajstić information content (AvgIpc) is 2.77. The van der Waals surface area contributed by atoms with E-state index in [1.807, 2.05) is 5.38 Å². The summed E-state index contributed by atoms with van der Waals surface area (Å²) in [6.07, 6.45) is 0. The molecule has 1 aromatic carbocycles.